The fraction of sp³-hybridized carbons (Fsp3) is 0.308. The first-order valence-corrected chi connectivity index (χ1v) is 10.1. The van der Waals surface area contributed by atoms with Crippen LogP contribution in [0.3, 0.4) is 0 Å². The fourth-order valence-electron chi connectivity index (χ4n) is 3.93. The van der Waals surface area contributed by atoms with E-state index in [0.717, 1.165) is 19.3 Å². The molecular weight excluding hydrogens is 326 g/mol. The van der Waals surface area contributed by atoms with Crippen molar-refractivity contribution in [3.8, 4) is 0 Å². The van der Waals surface area contributed by atoms with Gasteiger partial charge in [-0.2, -0.15) is 0 Å². The van der Waals surface area contributed by atoms with E-state index in [0.29, 0.717) is 0 Å². The van der Waals surface area contributed by atoms with E-state index in [4.69, 9.17) is 0 Å². The zero-order valence-corrected chi connectivity index (χ0v) is 16.9. The quantitative estimate of drug-likeness (QED) is 0.478. The summed E-state index contributed by atoms with van der Waals surface area (Å²) in [6.45, 7) is 9.09. The molecule has 0 aliphatic carbocycles. The summed E-state index contributed by atoms with van der Waals surface area (Å²) in [7, 11) is 0. The molecule has 0 atom stereocenters. The Labute approximate surface area is 163 Å². The van der Waals surface area contributed by atoms with E-state index in [1.54, 1.807) is 0 Å². The first-order valence-electron chi connectivity index (χ1n) is 10.1. The molecule has 0 spiro atoms. The second-order valence-electron chi connectivity index (χ2n) is 8.46. The van der Waals surface area contributed by atoms with E-state index in [2.05, 4.69) is 99.3 Å². The second-order valence-corrected chi connectivity index (χ2v) is 8.46. The Balaban J connectivity index is 1.84. The Kier molecular flexibility index (Phi) is 4.55. The molecular formula is C26H29N. The molecule has 0 saturated carbocycles. The minimum atomic E-state index is 0.211. The highest BCUT2D eigenvalue weighted by Crippen LogP contribution is 2.38. The van der Waals surface area contributed by atoms with E-state index in [1.165, 1.54) is 39.3 Å². The predicted molar refractivity (Wildman–Crippen MR) is 117 cm³/mol. The van der Waals surface area contributed by atoms with Crippen LogP contribution >= 0.6 is 0 Å². The molecule has 1 heteroatoms. The molecule has 0 amide bonds. The Hall–Kier alpha value is -2.54. The monoisotopic (exact) mass is 355 g/mol. The SMILES string of the molecule is CCC(C)(C)c1ccc(N2c3ccc(cc3)CCc3cc(C)cc2c3)cc1. The zero-order valence-electron chi connectivity index (χ0n) is 16.9. The van der Waals surface area contributed by atoms with Gasteiger partial charge in [0.15, 0.2) is 0 Å². The lowest BCUT2D eigenvalue weighted by atomic mass is 9.82. The van der Waals surface area contributed by atoms with Gasteiger partial charge in [0, 0.05) is 17.1 Å². The van der Waals surface area contributed by atoms with E-state index >= 15 is 0 Å². The summed E-state index contributed by atoms with van der Waals surface area (Å²) in [5, 5.41) is 0. The van der Waals surface area contributed by atoms with Crippen LogP contribution < -0.4 is 4.90 Å². The van der Waals surface area contributed by atoms with Crippen molar-refractivity contribution in [2.75, 3.05) is 4.90 Å². The van der Waals surface area contributed by atoms with Gasteiger partial charge in [-0.1, -0.05) is 51.1 Å². The van der Waals surface area contributed by atoms with Crippen LogP contribution in [-0.4, -0.2) is 0 Å². The van der Waals surface area contributed by atoms with Crippen LogP contribution in [0, 0.1) is 6.92 Å². The van der Waals surface area contributed by atoms with Crippen molar-refractivity contribution >= 4 is 17.1 Å². The lowest BCUT2D eigenvalue weighted by Gasteiger charge is -2.29. The highest BCUT2D eigenvalue weighted by Gasteiger charge is 2.20. The Morgan fingerprint density at radius 3 is 1.96 bits per heavy atom. The number of hydrogen-bond donors (Lipinski definition) is 0. The molecule has 4 bridgehead atoms. The summed E-state index contributed by atoms with van der Waals surface area (Å²) in [5.41, 5.74) is 9.45. The zero-order chi connectivity index (χ0) is 19.0. The minimum Gasteiger partial charge on any atom is -0.310 e. The van der Waals surface area contributed by atoms with Gasteiger partial charge in [0.05, 0.1) is 0 Å². The van der Waals surface area contributed by atoms with Crippen LogP contribution in [0.25, 0.3) is 0 Å². The van der Waals surface area contributed by atoms with Crippen LogP contribution in [0.4, 0.5) is 17.1 Å². The number of rotatable bonds is 3. The summed E-state index contributed by atoms with van der Waals surface area (Å²) in [6.07, 6.45) is 3.33. The molecule has 3 aromatic rings. The molecule has 0 saturated heterocycles. The van der Waals surface area contributed by atoms with Crippen molar-refractivity contribution < 1.29 is 0 Å². The van der Waals surface area contributed by atoms with Crippen LogP contribution in [0.5, 0.6) is 0 Å². The summed E-state index contributed by atoms with van der Waals surface area (Å²) < 4.78 is 0. The third-order valence-corrected chi connectivity index (χ3v) is 6.07. The third kappa shape index (κ3) is 3.51. The van der Waals surface area contributed by atoms with Crippen molar-refractivity contribution in [3.05, 3.63) is 89.0 Å². The van der Waals surface area contributed by atoms with E-state index < -0.39 is 0 Å². The number of nitrogens with zero attached hydrogens (tertiary/aromatic N) is 1. The number of benzene rings is 3. The molecule has 0 radical (unpaired) electrons. The lowest BCUT2D eigenvalue weighted by Crippen LogP contribution is -2.16. The van der Waals surface area contributed by atoms with Gasteiger partial charge in [0.25, 0.3) is 0 Å². The predicted octanol–water partition coefficient (Wildman–Crippen LogP) is 7.25. The highest BCUT2D eigenvalue weighted by atomic mass is 15.1. The van der Waals surface area contributed by atoms with E-state index in [-0.39, 0.29) is 5.41 Å². The molecule has 3 aromatic carbocycles. The first-order chi connectivity index (χ1) is 13.0. The first kappa shape index (κ1) is 17.9. The van der Waals surface area contributed by atoms with Gasteiger partial charge in [-0.05, 0) is 90.3 Å². The second kappa shape index (κ2) is 6.88. The van der Waals surface area contributed by atoms with Crippen LogP contribution in [0.15, 0.2) is 66.7 Å². The molecule has 0 aromatic heterocycles. The maximum atomic E-state index is 2.38. The molecule has 138 valence electrons. The summed E-state index contributed by atoms with van der Waals surface area (Å²) in [4.78, 5) is 2.38. The van der Waals surface area contributed by atoms with Gasteiger partial charge in [-0.15, -0.1) is 0 Å². The van der Waals surface area contributed by atoms with Gasteiger partial charge in [0.2, 0.25) is 0 Å². The van der Waals surface area contributed by atoms with Gasteiger partial charge in [0.1, 0.15) is 0 Å². The van der Waals surface area contributed by atoms with Crippen molar-refractivity contribution in [2.24, 2.45) is 0 Å². The van der Waals surface area contributed by atoms with Crippen molar-refractivity contribution in [3.63, 3.8) is 0 Å². The van der Waals surface area contributed by atoms with Crippen molar-refractivity contribution in [1.82, 2.24) is 0 Å². The van der Waals surface area contributed by atoms with Crippen molar-refractivity contribution in [2.45, 2.75) is 52.4 Å². The van der Waals surface area contributed by atoms with E-state index in [9.17, 15) is 0 Å². The number of aryl methyl sites for hydroxylation is 3. The van der Waals surface area contributed by atoms with Crippen LogP contribution in [0.1, 0.15) is 49.4 Å². The summed E-state index contributed by atoms with van der Waals surface area (Å²) in [6, 6.07) is 25.2. The van der Waals surface area contributed by atoms with Gasteiger partial charge in [-0.25, -0.2) is 0 Å². The van der Waals surface area contributed by atoms with E-state index in [1.807, 2.05) is 0 Å². The maximum Gasteiger partial charge on any atom is 0.0466 e. The lowest BCUT2D eigenvalue weighted by molar-refractivity contribution is 0.506. The summed E-state index contributed by atoms with van der Waals surface area (Å²) >= 11 is 0. The molecule has 1 nitrogen and oxygen atoms in total. The highest BCUT2D eigenvalue weighted by molar-refractivity contribution is 5.77. The Morgan fingerprint density at radius 1 is 0.741 bits per heavy atom. The van der Waals surface area contributed by atoms with Crippen LogP contribution in [-0.2, 0) is 18.3 Å². The molecule has 2 aliphatic rings. The smallest absolute Gasteiger partial charge is 0.0466 e. The van der Waals surface area contributed by atoms with Gasteiger partial charge in [-0.3, -0.25) is 0 Å². The number of anilines is 3. The average molecular weight is 356 g/mol. The maximum absolute atomic E-state index is 2.38. The topological polar surface area (TPSA) is 3.24 Å². The Morgan fingerprint density at radius 2 is 1.33 bits per heavy atom. The summed E-state index contributed by atoms with van der Waals surface area (Å²) in [5.74, 6) is 0. The molecule has 27 heavy (non-hydrogen) atoms. The van der Waals surface area contributed by atoms with Gasteiger partial charge < -0.3 is 4.90 Å². The average Bonchev–Trinajstić information content (AvgIpc) is 2.67. The van der Waals surface area contributed by atoms with Crippen LogP contribution in [0.2, 0.25) is 0 Å². The molecule has 5 rings (SSSR count). The van der Waals surface area contributed by atoms with Crippen molar-refractivity contribution in [1.29, 1.82) is 0 Å². The minimum absolute atomic E-state index is 0.211. The molecule has 0 unspecified atom stereocenters. The molecule has 2 heterocycles. The Bertz CT molecular complexity index is 933. The normalized spacial score (nSPS) is 13.7. The number of fused-ring (bicyclic) bond motifs is 3. The molecule has 0 N–H and O–H groups in total. The molecule has 2 aliphatic heterocycles. The largest absolute Gasteiger partial charge is 0.310 e. The third-order valence-electron chi connectivity index (χ3n) is 6.07. The fourth-order valence-corrected chi connectivity index (χ4v) is 3.93. The number of hydrogen-bond acceptors (Lipinski definition) is 1. The standard InChI is InChI=1S/C26H29N/c1-5-26(3,4)22-10-14-24(15-11-22)27-23-12-8-20(9-13-23)6-7-21-16-19(2)17-25(27)18-21/h8-18H,5-7H2,1-4H3. The van der Waals surface area contributed by atoms with Gasteiger partial charge >= 0.3 is 0 Å². The molecule has 0 fully saturated rings.